The summed E-state index contributed by atoms with van der Waals surface area (Å²) < 4.78 is 0.993. The monoisotopic (exact) mass is 231 g/mol. The van der Waals surface area contributed by atoms with Crippen molar-refractivity contribution in [2.75, 3.05) is 5.73 Å². The minimum Gasteiger partial charge on any atom is -0.389 e. The molecule has 5 heteroatoms. The van der Waals surface area contributed by atoms with E-state index in [0.717, 1.165) is 15.6 Å². The lowest BCUT2D eigenvalue weighted by molar-refractivity contribution is 0.281. The van der Waals surface area contributed by atoms with Crippen LogP contribution in [0.2, 0.25) is 0 Å². The van der Waals surface area contributed by atoms with E-state index in [2.05, 4.69) is 9.97 Å². The highest BCUT2D eigenvalue weighted by molar-refractivity contribution is 7.19. The van der Waals surface area contributed by atoms with Gasteiger partial charge in [0.15, 0.2) is 5.82 Å². The molecule has 2 aromatic heterocycles. The molecule has 16 heavy (non-hydrogen) atoms. The highest BCUT2D eigenvalue weighted by Crippen LogP contribution is 2.32. The molecule has 80 valence electrons. The summed E-state index contributed by atoms with van der Waals surface area (Å²) >= 11 is 1.46. The van der Waals surface area contributed by atoms with Crippen LogP contribution in [0.1, 0.15) is 5.01 Å². The van der Waals surface area contributed by atoms with Gasteiger partial charge in [0.2, 0.25) is 0 Å². The summed E-state index contributed by atoms with van der Waals surface area (Å²) in [5.74, 6) is 0.421. The van der Waals surface area contributed by atoms with E-state index in [-0.39, 0.29) is 6.61 Å². The van der Waals surface area contributed by atoms with E-state index in [1.54, 1.807) is 0 Å². The first-order valence-electron chi connectivity index (χ1n) is 4.84. The van der Waals surface area contributed by atoms with E-state index < -0.39 is 0 Å². The first-order chi connectivity index (χ1) is 7.79. The Morgan fingerprint density at radius 3 is 2.88 bits per heavy atom. The predicted octanol–water partition coefficient (Wildman–Crippen LogP) is 1.92. The zero-order chi connectivity index (χ0) is 11.1. The van der Waals surface area contributed by atoms with E-state index in [0.29, 0.717) is 16.3 Å². The Hall–Kier alpha value is -1.72. The van der Waals surface area contributed by atoms with Gasteiger partial charge in [0, 0.05) is 5.39 Å². The maximum Gasteiger partial charge on any atom is 0.151 e. The molecule has 4 nitrogen and oxygen atoms in total. The number of nitrogens with two attached hydrogens (primary N) is 1. The molecule has 0 fully saturated rings. The Labute approximate surface area is 95.4 Å². The molecule has 0 aliphatic rings. The molecule has 0 unspecified atom stereocenters. The van der Waals surface area contributed by atoms with Crippen molar-refractivity contribution in [1.29, 1.82) is 0 Å². The van der Waals surface area contributed by atoms with Crippen molar-refractivity contribution in [3.63, 3.8) is 0 Å². The second-order valence-electron chi connectivity index (χ2n) is 3.46. The van der Waals surface area contributed by atoms with Gasteiger partial charge in [0.25, 0.3) is 0 Å². The Morgan fingerprint density at radius 2 is 2.06 bits per heavy atom. The smallest absolute Gasteiger partial charge is 0.151 e. The van der Waals surface area contributed by atoms with Gasteiger partial charge in [-0.1, -0.05) is 18.2 Å². The summed E-state index contributed by atoms with van der Waals surface area (Å²) in [7, 11) is 0. The number of hydrogen-bond donors (Lipinski definition) is 2. The second kappa shape index (κ2) is 3.40. The van der Waals surface area contributed by atoms with Crippen molar-refractivity contribution in [2.24, 2.45) is 0 Å². The van der Waals surface area contributed by atoms with Crippen LogP contribution in [-0.4, -0.2) is 15.1 Å². The van der Waals surface area contributed by atoms with Gasteiger partial charge in [0.05, 0.1) is 16.8 Å². The summed E-state index contributed by atoms with van der Waals surface area (Å²) in [5, 5.41) is 10.8. The third-order valence-electron chi connectivity index (χ3n) is 2.44. The highest BCUT2D eigenvalue weighted by Gasteiger charge is 2.11. The van der Waals surface area contributed by atoms with Crippen LogP contribution in [0.3, 0.4) is 0 Å². The number of para-hydroxylation sites is 1. The number of nitrogens with zero attached hydrogens (tertiary/aromatic N) is 2. The Morgan fingerprint density at radius 1 is 1.25 bits per heavy atom. The van der Waals surface area contributed by atoms with Crippen LogP contribution in [0, 0.1) is 0 Å². The highest BCUT2D eigenvalue weighted by atomic mass is 32.1. The SMILES string of the molecule is Nc1nc2ccccc2c2sc(CO)nc12. The van der Waals surface area contributed by atoms with Crippen molar-refractivity contribution >= 4 is 38.3 Å². The molecule has 0 saturated heterocycles. The number of benzene rings is 1. The first-order valence-corrected chi connectivity index (χ1v) is 5.65. The van der Waals surface area contributed by atoms with Crippen LogP contribution in [0.4, 0.5) is 5.82 Å². The summed E-state index contributed by atoms with van der Waals surface area (Å²) in [5.41, 5.74) is 7.39. The van der Waals surface area contributed by atoms with Crippen LogP contribution < -0.4 is 5.73 Å². The number of aromatic nitrogens is 2. The van der Waals surface area contributed by atoms with Gasteiger partial charge < -0.3 is 10.8 Å². The summed E-state index contributed by atoms with van der Waals surface area (Å²) in [6.45, 7) is -0.0624. The molecule has 0 aliphatic carbocycles. The molecular weight excluding hydrogens is 222 g/mol. The Balaban J connectivity index is 2.52. The van der Waals surface area contributed by atoms with Gasteiger partial charge in [-0.2, -0.15) is 0 Å². The zero-order valence-corrected chi connectivity index (χ0v) is 9.16. The van der Waals surface area contributed by atoms with Crippen LogP contribution in [0.15, 0.2) is 24.3 Å². The third-order valence-corrected chi connectivity index (χ3v) is 3.51. The van der Waals surface area contributed by atoms with Crippen molar-refractivity contribution in [3.8, 4) is 0 Å². The number of aliphatic hydroxyl groups excluding tert-OH is 1. The maximum atomic E-state index is 9.09. The van der Waals surface area contributed by atoms with E-state index in [9.17, 15) is 0 Å². The Bertz CT molecular complexity index is 677. The molecule has 0 spiro atoms. The lowest BCUT2D eigenvalue weighted by Crippen LogP contribution is -1.92. The van der Waals surface area contributed by atoms with Crippen molar-refractivity contribution in [3.05, 3.63) is 29.3 Å². The molecule has 3 rings (SSSR count). The molecule has 2 heterocycles. The molecular formula is C11H9N3OS. The van der Waals surface area contributed by atoms with E-state index in [4.69, 9.17) is 10.8 Å². The van der Waals surface area contributed by atoms with Gasteiger partial charge >= 0.3 is 0 Å². The average molecular weight is 231 g/mol. The Kier molecular flexibility index (Phi) is 2.02. The van der Waals surface area contributed by atoms with Crippen molar-refractivity contribution in [2.45, 2.75) is 6.61 Å². The standard InChI is InChI=1S/C11H9N3OS/c12-11-9-10(16-8(5-15)14-9)6-3-1-2-4-7(6)13-11/h1-4,15H,5H2,(H2,12,13). The predicted molar refractivity (Wildman–Crippen MR) is 65.3 cm³/mol. The lowest BCUT2D eigenvalue weighted by atomic mass is 10.2. The summed E-state index contributed by atoms with van der Waals surface area (Å²) in [4.78, 5) is 8.55. The van der Waals surface area contributed by atoms with E-state index in [1.165, 1.54) is 11.3 Å². The third kappa shape index (κ3) is 1.26. The summed E-state index contributed by atoms with van der Waals surface area (Å²) in [6, 6.07) is 7.79. The second-order valence-corrected chi connectivity index (χ2v) is 4.54. The molecule has 0 amide bonds. The summed E-state index contributed by atoms with van der Waals surface area (Å²) in [6.07, 6.45) is 0. The minimum absolute atomic E-state index is 0.0624. The van der Waals surface area contributed by atoms with Crippen LogP contribution in [-0.2, 0) is 6.61 Å². The molecule has 0 radical (unpaired) electrons. The quantitative estimate of drug-likeness (QED) is 0.671. The maximum absolute atomic E-state index is 9.09. The van der Waals surface area contributed by atoms with Gasteiger partial charge in [-0.15, -0.1) is 11.3 Å². The number of aliphatic hydroxyl groups is 1. The van der Waals surface area contributed by atoms with Gasteiger partial charge in [-0.05, 0) is 6.07 Å². The normalized spacial score (nSPS) is 11.3. The van der Waals surface area contributed by atoms with Crippen molar-refractivity contribution < 1.29 is 5.11 Å². The largest absolute Gasteiger partial charge is 0.389 e. The minimum atomic E-state index is -0.0624. The topological polar surface area (TPSA) is 72.0 Å². The van der Waals surface area contributed by atoms with Crippen LogP contribution in [0.25, 0.3) is 21.1 Å². The lowest BCUT2D eigenvalue weighted by Gasteiger charge is -1.99. The number of thiazole rings is 1. The average Bonchev–Trinajstić information content (AvgIpc) is 2.74. The van der Waals surface area contributed by atoms with E-state index in [1.807, 2.05) is 24.3 Å². The number of anilines is 1. The van der Waals surface area contributed by atoms with Crippen LogP contribution in [0.5, 0.6) is 0 Å². The number of fused-ring (bicyclic) bond motifs is 3. The fourth-order valence-electron chi connectivity index (χ4n) is 1.73. The zero-order valence-electron chi connectivity index (χ0n) is 8.34. The van der Waals surface area contributed by atoms with Crippen molar-refractivity contribution in [1.82, 2.24) is 9.97 Å². The van der Waals surface area contributed by atoms with Gasteiger partial charge in [-0.3, -0.25) is 0 Å². The molecule has 0 saturated carbocycles. The fourth-order valence-corrected chi connectivity index (χ4v) is 2.70. The van der Waals surface area contributed by atoms with Gasteiger partial charge in [0.1, 0.15) is 10.5 Å². The molecule has 1 aromatic carbocycles. The molecule has 0 aliphatic heterocycles. The molecule has 0 atom stereocenters. The van der Waals surface area contributed by atoms with Gasteiger partial charge in [-0.25, -0.2) is 9.97 Å². The number of rotatable bonds is 1. The first kappa shape index (κ1) is 9.50. The molecule has 3 N–H and O–H groups in total. The molecule has 0 bridgehead atoms. The molecule has 3 aromatic rings. The number of hydrogen-bond acceptors (Lipinski definition) is 5. The number of nitrogen functional groups attached to an aromatic ring is 1. The fraction of sp³-hybridized carbons (Fsp3) is 0.0909. The number of pyridine rings is 1. The van der Waals surface area contributed by atoms with Crippen LogP contribution >= 0.6 is 11.3 Å². The van der Waals surface area contributed by atoms with E-state index >= 15 is 0 Å².